The fourth-order valence-electron chi connectivity index (χ4n) is 3.32. The average Bonchev–Trinajstić information content (AvgIpc) is 3.11. The van der Waals surface area contributed by atoms with Crippen molar-refractivity contribution in [2.24, 2.45) is 11.7 Å². The largest absolute Gasteiger partial charge is 0.445 e. The zero-order valence-corrected chi connectivity index (χ0v) is 16.9. The molecule has 1 fully saturated rings. The Hall–Kier alpha value is -2.08. The van der Waals surface area contributed by atoms with Crippen LogP contribution in [0.25, 0.3) is 0 Å². The summed E-state index contributed by atoms with van der Waals surface area (Å²) in [7, 11) is 0. The molecule has 1 aromatic carbocycles. The number of benzene rings is 1. The van der Waals surface area contributed by atoms with Gasteiger partial charge in [0.15, 0.2) is 0 Å². The van der Waals surface area contributed by atoms with Crippen LogP contribution in [0.15, 0.2) is 30.3 Å². The normalized spacial score (nSPS) is 18.0. The Kier molecular flexibility index (Phi) is 7.66. The molecule has 0 aliphatic carbocycles. The van der Waals surface area contributed by atoms with Crippen LogP contribution in [-0.2, 0) is 16.1 Å². The van der Waals surface area contributed by atoms with Crippen molar-refractivity contribution >= 4 is 12.0 Å². The van der Waals surface area contributed by atoms with Gasteiger partial charge in [-0.25, -0.2) is 4.79 Å². The molecule has 0 aromatic heterocycles. The first-order valence-corrected chi connectivity index (χ1v) is 9.84. The van der Waals surface area contributed by atoms with Crippen LogP contribution in [0.4, 0.5) is 4.79 Å². The molecule has 2 amide bonds. The Bertz CT molecular complexity index is 618. The number of rotatable bonds is 7. The summed E-state index contributed by atoms with van der Waals surface area (Å²) in [6, 6.07) is 9.11. The Balaban J connectivity index is 1.99. The van der Waals surface area contributed by atoms with Crippen molar-refractivity contribution in [2.75, 3.05) is 13.1 Å². The predicted molar refractivity (Wildman–Crippen MR) is 106 cm³/mol. The molecule has 6 heteroatoms. The first-order valence-electron chi connectivity index (χ1n) is 9.84. The van der Waals surface area contributed by atoms with Crippen LogP contribution in [0, 0.1) is 5.92 Å². The average molecular weight is 376 g/mol. The molecule has 0 bridgehead atoms. The molecule has 0 radical (unpaired) electrons. The number of amides is 2. The van der Waals surface area contributed by atoms with Crippen molar-refractivity contribution in [3.63, 3.8) is 0 Å². The van der Waals surface area contributed by atoms with Crippen molar-refractivity contribution < 1.29 is 14.3 Å². The lowest BCUT2D eigenvalue weighted by molar-refractivity contribution is -0.134. The minimum Gasteiger partial charge on any atom is -0.445 e. The van der Waals surface area contributed by atoms with Crippen LogP contribution >= 0.6 is 0 Å². The second kappa shape index (κ2) is 9.74. The van der Waals surface area contributed by atoms with Gasteiger partial charge in [0, 0.05) is 25.2 Å². The molecule has 150 valence electrons. The van der Waals surface area contributed by atoms with Gasteiger partial charge in [-0.2, -0.15) is 0 Å². The molecule has 27 heavy (non-hydrogen) atoms. The summed E-state index contributed by atoms with van der Waals surface area (Å²) in [5.41, 5.74) is 7.02. The fourth-order valence-corrected chi connectivity index (χ4v) is 3.32. The molecular formula is C21H33N3O3. The Labute approximate surface area is 162 Å². The van der Waals surface area contributed by atoms with Crippen LogP contribution in [-0.4, -0.2) is 53.0 Å². The number of nitrogens with zero attached hydrogens (tertiary/aromatic N) is 2. The van der Waals surface area contributed by atoms with E-state index in [1.54, 1.807) is 4.90 Å². The van der Waals surface area contributed by atoms with Crippen molar-refractivity contribution in [2.45, 2.75) is 65.3 Å². The van der Waals surface area contributed by atoms with E-state index in [9.17, 15) is 9.59 Å². The van der Waals surface area contributed by atoms with Gasteiger partial charge in [-0.1, -0.05) is 44.2 Å². The van der Waals surface area contributed by atoms with E-state index in [-0.39, 0.29) is 36.6 Å². The standard InChI is InChI=1S/C21H33N3O3/c1-15(2)19(22)20(25)23-12-8-11-18(23)13-24(16(3)4)21(26)27-14-17-9-6-5-7-10-17/h5-7,9-10,15-16,18-19H,8,11-14,22H2,1-4H3. The Morgan fingerprint density at radius 1 is 1.22 bits per heavy atom. The van der Waals surface area contributed by atoms with Crippen molar-refractivity contribution in [1.82, 2.24) is 9.80 Å². The lowest BCUT2D eigenvalue weighted by atomic mass is 10.0. The van der Waals surface area contributed by atoms with Gasteiger partial charge in [-0.15, -0.1) is 0 Å². The maximum Gasteiger partial charge on any atom is 0.410 e. The minimum absolute atomic E-state index is 0.00558. The van der Waals surface area contributed by atoms with Gasteiger partial charge in [-0.05, 0) is 38.2 Å². The van der Waals surface area contributed by atoms with E-state index >= 15 is 0 Å². The molecule has 1 heterocycles. The van der Waals surface area contributed by atoms with Gasteiger partial charge in [-0.3, -0.25) is 4.79 Å². The summed E-state index contributed by atoms with van der Waals surface area (Å²) in [6.07, 6.45) is 1.47. The van der Waals surface area contributed by atoms with Gasteiger partial charge >= 0.3 is 6.09 Å². The van der Waals surface area contributed by atoms with Gasteiger partial charge in [0.25, 0.3) is 0 Å². The summed E-state index contributed by atoms with van der Waals surface area (Å²) in [4.78, 5) is 28.9. The molecule has 1 saturated heterocycles. The van der Waals surface area contributed by atoms with Gasteiger partial charge in [0.2, 0.25) is 5.91 Å². The van der Waals surface area contributed by atoms with Gasteiger partial charge in [0.05, 0.1) is 6.04 Å². The number of carbonyl (C=O) groups excluding carboxylic acids is 2. The molecule has 6 nitrogen and oxygen atoms in total. The first kappa shape index (κ1) is 21.2. The third-order valence-electron chi connectivity index (χ3n) is 5.13. The van der Waals surface area contributed by atoms with Crippen LogP contribution in [0.2, 0.25) is 0 Å². The number of carbonyl (C=O) groups is 2. The monoisotopic (exact) mass is 375 g/mol. The van der Waals surface area contributed by atoms with E-state index in [0.29, 0.717) is 13.1 Å². The third kappa shape index (κ3) is 5.70. The van der Waals surface area contributed by atoms with Crippen LogP contribution in [0.5, 0.6) is 0 Å². The molecule has 0 saturated carbocycles. The topological polar surface area (TPSA) is 75.9 Å². The number of likely N-dealkylation sites (tertiary alicyclic amines) is 1. The first-order chi connectivity index (χ1) is 12.8. The van der Waals surface area contributed by atoms with E-state index < -0.39 is 6.04 Å². The fraction of sp³-hybridized carbons (Fsp3) is 0.619. The predicted octanol–water partition coefficient (Wildman–Crippen LogP) is 3.01. The molecule has 2 rings (SSSR count). The van der Waals surface area contributed by atoms with Gasteiger partial charge < -0.3 is 20.3 Å². The van der Waals surface area contributed by atoms with Crippen molar-refractivity contribution in [1.29, 1.82) is 0 Å². The highest BCUT2D eigenvalue weighted by atomic mass is 16.6. The molecule has 2 unspecified atom stereocenters. The summed E-state index contributed by atoms with van der Waals surface area (Å²) >= 11 is 0. The highest BCUT2D eigenvalue weighted by molar-refractivity contribution is 5.82. The number of ether oxygens (including phenoxy) is 1. The molecule has 2 atom stereocenters. The van der Waals surface area contributed by atoms with E-state index in [0.717, 1.165) is 18.4 Å². The zero-order chi connectivity index (χ0) is 20.0. The number of nitrogens with two attached hydrogens (primary N) is 1. The summed E-state index contributed by atoms with van der Waals surface area (Å²) < 4.78 is 5.50. The minimum atomic E-state index is -0.497. The smallest absolute Gasteiger partial charge is 0.410 e. The molecule has 1 aliphatic rings. The van der Waals surface area contributed by atoms with E-state index in [1.807, 2.05) is 62.9 Å². The maximum atomic E-state index is 12.7. The number of hydrogen-bond donors (Lipinski definition) is 1. The van der Waals surface area contributed by atoms with E-state index in [2.05, 4.69) is 0 Å². The SMILES string of the molecule is CC(C)C(N)C(=O)N1CCCC1CN(C(=O)OCc1ccccc1)C(C)C. The molecule has 0 spiro atoms. The zero-order valence-electron chi connectivity index (χ0n) is 16.9. The highest BCUT2D eigenvalue weighted by Gasteiger charge is 2.35. The van der Waals surface area contributed by atoms with Crippen LogP contribution in [0.3, 0.4) is 0 Å². The molecule has 1 aliphatic heterocycles. The lowest BCUT2D eigenvalue weighted by Gasteiger charge is -2.34. The molecule has 1 aromatic rings. The van der Waals surface area contributed by atoms with Crippen LogP contribution in [0.1, 0.15) is 46.1 Å². The molecule has 2 N–H and O–H groups in total. The summed E-state index contributed by atoms with van der Waals surface area (Å²) in [6.45, 7) is 9.25. The van der Waals surface area contributed by atoms with Crippen LogP contribution < -0.4 is 5.73 Å². The van der Waals surface area contributed by atoms with Gasteiger partial charge in [0.1, 0.15) is 6.61 Å². The highest BCUT2D eigenvalue weighted by Crippen LogP contribution is 2.22. The van der Waals surface area contributed by atoms with E-state index in [1.165, 1.54) is 0 Å². The second-order valence-electron chi connectivity index (χ2n) is 7.88. The Morgan fingerprint density at radius 3 is 2.48 bits per heavy atom. The molecular weight excluding hydrogens is 342 g/mol. The number of hydrogen-bond acceptors (Lipinski definition) is 4. The quantitative estimate of drug-likeness (QED) is 0.795. The van der Waals surface area contributed by atoms with Crippen molar-refractivity contribution in [3.05, 3.63) is 35.9 Å². The third-order valence-corrected chi connectivity index (χ3v) is 5.13. The Morgan fingerprint density at radius 2 is 1.89 bits per heavy atom. The summed E-state index contributed by atoms with van der Waals surface area (Å²) in [5, 5.41) is 0. The maximum absolute atomic E-state index is 12.7. The van der Waals surface area contributed by atoms with Crippen molar-refractivity contribution in [3.8, 4) is 0 Å². The van der Waals surface area contributed by atoms with E-state index in [4.69, 9.17) is 10.5 Å². The lowest BCUT2D eigenvalue weighted by Crippen LogP contribution is -2.52. The summed E-state index contributed by atoms with van der Waals surface area (Å²) in [5.74, 6) is 0.0737. The second-order valence-corrected chi connectivity index (χ2v) is 7.88.